The van der Waals surface area contributed by atoms with Crippen molar-refractivity contribution in [1.82, 2.24) is 4.31 Å². The van der Waals surface area contributed by atoms with Gasteiger partial charge in [0.2, 0.25) is 0 Å². The van der Waals surface area contributed by atoms with Gasteiger partial charge in [-0.05, 0) is 0 Å². The molecule has 0 saturated carbocycles. The number of rotatable bonds is 8. The normalized spacial score (nSPS) is 15.1. The van der Waals surface area contributed by atoms with Gasteiger partial charge in [-0.25, -0.2) is 8.42 Å². The number of alkyl halides is 9. The number of sulfonamides is 1. The maximum Gasteiger partial charge on any atom is 0.460 e. The fraction of sp³-hybridized carbons (Fsp3) is 0.875. The lowest BCUT2D eigenvalue weighted by atomic mass is 10.1. The summed E-state index contributed by atoms with van der Waals surface area (Å²) in [6, 6.07) is 0. The summed E-state index contributed by atoms with van der Waals surface area (Å²) in [7, 11) is -6.81. The number of aldehydes is 1. The van der Waals surface area contributed by atoms with Gasteiger partial charge in [0.15, 0.2) is 0 Å². The van der Waals surface area contributed by atoms with E-state index in [0.29, 0.717) is 0 Å². The number of nitrogens with zero attached hydrogens (tertiary/aromatic N) is 1. The molecule has 0 aliphatic rings. The van der Waals surface area contributed by atoms with Crippen LogP contribution in [0.1, 0.15) is 0 Å². The first-order valence-corrected chi connectivity index (χ1v) is 6.73. The first kappa shape index (κ1) is 21.9. The Morgan fingerprint density at radius 1 is 0.957 bits per heavy atom. The lowest BCUT2D eigenvalue weighted by molar-refractivity contribution is -0.382. The fourth-order valence-electron chi connectivity index (χ4n) is 1.20. The maximum atomic E-state index is 13.4. The van der Waals surface area contributed by atoms with Crippen molar-refractivity contribution in [2.75, 3.05) is 19.7 Å². The quantitative estimate of drug-likeness (QED) is 0.387. The summed E-state index contributed by atoms with van der Waals surface area (Å²) in [6.45, 7) is -4.11. The zero-order valence-electron chi connectivity index (χ0n) is 10.7. The molecule has 0 rings (SSSR count). The summed E-state index contributed by atoms with van der Waals surface area (Å²) in [5.74, 6) is -14.7. The maximum absolute atomic E-state index is 13.4. The van der Waals surface area contributed by atoms with Crippen molar-refractivity contribution in [3.8, 4) is 0 Å². The van der Waals surface area contributed by atoms with Crippen LogP contribution in [0, 0.1) is 0 Å². The second kappa shape index (κ2) is 6.43. The average molecular weight is 386 g/mol. The fourth-order valence-corrected chi connectivity index (χ4v) is 2.56. The molecule has 0 unspecified atom stereocenters. The largest absolute Gasteiger partial charge is 0.460 e. The lowest BCUT2D eigenvalue weighted by Gasteiger charge is -2.34. The Hall–Kier alpha value is -1.09. The van der Waals surface area contributed by atoms with E-state index in [1.807, 2.05) is 0 Å². The van der Waals surface area contributed by atoms with Crippen LogP contribution in [0.2, 0.25) is 0 Å². The van der Waals surface area contributed by atoms with Crippen LogP contribution in [0.3, 0.4) is 0 Å². The number of hydrogen-bond acceptors (Lipinski definition) is 3. The molecule has 0 aromatic carbocycles. The van der Waals surface area contributed by atoms with Gasteiger partial charge < -0.3 is 5.11 Å². The molecular formula is C8H9F9NO4S+. The van der Waals surface area contributed by atoms with Crippen molar-refractivity contribution in [3.05, 3.63) is 0 Å². The van der Waals surface area contributed by atoms with Crippen molar-refractivity contribution in [2.45, 2.75) is 23.3 Å². The van der Waals surface area contributed by atoms with E-state index >= 15 is 0 Å². The molecule has 0 amide bonds. The summed E-state index contributed by atoms with van der Waals surface area (Å²) in [4.78, 5) is 8.31. The highest BCUT2D eigenvalue weighted by atomic mass is 32.2. The Morgan fingerprint density at radius 3 is 1.70 bits per heavy atom. The first-order chi connectivity index (χ1) is 10.0. The van der Waals surface area contributed by atoms with Gasteiger partial charge in [-0.1, -0.05) is 0 Å². The second-order valence-corrected chi connectivity index (χ2v) is 5.91. The SMILES string of the molecule is O=S(=O)(N(CC=[OH+])CCO)C(F)(F)C(F)(F)C(F)(F)C(F)(F)F. The molecule has 0 saturated heterocycles. The molecule has 0 aromatic rings. The summed E-state index contributed by atoms with van der Waals surface area (Å²) >= 11 is 0. The van der Waals surface area contributed by atoms with Crippen molar-refractivity contribution in [3.63, 3.8) is 0 Å². The summed E-state index contributed by atoms with van der Waals surface area (Å²) in [5.41, 5.74) is 0. The number of halogens is 9. The molecule has 0 fully saturated rings. The molecule has 0 atom stereocenters. The molecule has 138 valence electrons. The molecular weight excluding hydrogens is 377 g/mol. The van der Waals surface area contributed by atoms with Crippen molar-refractivity contribution < 1.29 is 57.8 Å². The van der Waals surface area contributed by atoms with Gasteiger partial charge in [-0.15, -0.1) is 0 Å². The molecule has 5 nitrogen and oxygen atoms in total. The molecule has 23 heavy (non-hydrogen) atoms. The second-order valence-electron chi connectivity index (χ2n) is 3.93. The monoisotopic (exact) mass is 386 g/mol. The molecule has 0 heterocycles. The highest BCUT2D eigenvalue weighted by Gasteiger charge is 2.85. The molecule has 0 aromatic heterocycles. The lowest BCUT2D eigenvalue weighted by Crippen LogP contribution is -2.65. The first-order valence-electron chi connectivity index (χ1n) is 5.29. The standard InChI is InChI=1S/C8H8F9NO4S/c9-5(10,7(13,14)15)6(11,12)8(16,17)23(21,22)18(1-3-19)2-4-20/h3,20H,1-2,4H2/p+1. The molecule has 0 radical (unpaired) electrons. The highest BCUT2D eigenvalue weighted by Crippen LogP contribution is 2.55. The zero-order valence-corrected chi connectivity index (χ0v) is 11.5. The third-order valence-electron chi connectivity index (χ3n) is 2.41. The van der Waals surface area contributed by atoms with Crippen LogP contribution < -0.4 is 0 Å². The Bertz CT molecular complexity index is 530. The van der Waals surface area contributed by atoms with Crippen LogP contribution >= 0.6 is 0 Å². The minimum atomic E-state index is -7.37. The van der Waals surface area contributed by atoms with Gasteiger partial charge in [0.1, 0.15) is 6.54 Å². The summed E-state index contributed by atoms with van der Waals surface area (Å²) < 4.78 is 136. The van der Waals surface area contributed by atoms with E-state index in [1.165, 1.54) is 0 Å². The smallest absolute Gasteiger partial charge is 0.395 e. The minimum Gasteiger partial charge on any atom is -0.395 e. The zero-order chi connectivity index (χ0) is 18.9. The van der Waals surface area contributed by atoms with Crippen molar-refractivity contribution in [2.24, 2.45) is 0 Å². The number of hydrogen-bond donors (Lipinski definition) is 1. The number of aliphatic hydroxyl groups is 1. The van der Waals surface area contributed by atoms with Crippen LogP contribution in [0.15, 0.2) is 0 Å². The topological polar surface area (TPSA) is 79.0 Å². The van der Waals surface area contributed by atoms with Crippen LogP contribution in [-0.2, 0) is 10.0 Å². The molecule has 0 bridgehead atoms. The van der Waals surface area contributed by atoms with E-state index < -0.39 is 57.3 Å². The van der Waals surface area contributed by atoms with Gasteiger partial charge in [0, 0.05) is 6.54 Å². The van der Waals surface area contributed by atoms with Gasteiger partial charge in [-0.2, -0.15) is 43.8 Å². The molecule has 15 heteroatoms. The van der Waals surface area contributed by atoms with E-state index in [9.17, 15) is 47.9 Å². The predicted octanol–water partition coefficient (Wildman–Crippen LogP) is 1.21. The van der Waals surface area contributed by atoms with E-state index in [-0.39, 0.29) is 6.29 Å². The van der Waals surface area contributed by atoms with Gasteiger partial charge in [0.05, 0.1) is 6.61 Å². The Kier molecular flexibility index (Phi) is 6.12. The van der Waals surface area contributed by atoms with Crippen LogP contribution in [0.5, 0.6) is 0 Å². The Morgan fingerprint density at radius 2 is 1.39 bits per heavy atom. The third-order valence-corrected chi connectivity index (χ3v) is 4.33. The van der Waals surface area contributed by atoms with Crippen LogP contribution in [0.4, 0.5) is 39.5 Å². The molecule has 0 aliphatic heterocycles. The van der Waals surface area contributed by atoms with Crippen molar-refractivity contribution in [1.29, 1.82) is 0 Å². The van der Waals surface area contributed by atoms with E-state index in [1.54, 1.807) is 0 Å². The molecule has 0 aliphatic carbocycles. The van der Waals surface area contributed by atoms with Crippen molar-refractivity contribution >= 4 is 16.3 Å². The van der Waals surface area contributed by atoms with E-state index in [2.05, 4.69) is 0 Å². The van der Waals surface area contributed by atoms with E-state index in [4.69, 9.17) is 9.90 Å². The van der Waals surface area contributed by atoms with Gasteiger partial charge >= 0.3 is 23.3 Å². The van der Waals surface area contributed by atoms with Gasteiger partial charge in [-0.3, -0.25) is 4.79 Å². The third kappa shape index (κ3) is 3.40. The Balaban J connectivity index is 6.17. The number of aliphatic hydroxyl groups excluding tert-OH is 1. The van der Waals surface area contributed by atoms with Crippen LogP contribution in [-0.4, -0.2) is 71.9 Å². The van der Waals surface area contributed by atoms with Gasteiger partial charge in [0.25, 0.3) is 16.3 Å². The average Bonchev–Trinajstić information content (AvgIpc) is 2.36. The molecule has 2 N–H and O–H groups in total. The van der Waals surface area contributed by atoms with E-state index in [0.717, 1.165) is 0 Å². The summed E-state index contributed by atoms with van der Waals surface area (Å²) in [5, 5.41) is 1.53. The predicted molar refractivity (Wildman–Crippen MR) is 56.5 cm³/mol. The number of carbonyl (C=O) groups excluding carboxylic acids is 1. The van der Waals surface area contributed by atoms with Crippen LogP contribution in [0.25, 0.3) is 0 Å². The Labute approximate surface area is 122 Å². The minimum absolute atomic E-state index is 0.177. The highest BCUT2D eigenvalue weighted by molar-refractivity contribution is 7.90. The molecule has 0 spiro atoms. The summed E-state index contributed by atoms with van der Waals surface area (Å²) in [6.07, 6.45) is -7.34.